The molecule has 3 nitrogen and oxygen atoms in total. The molecule has 0 amide bonds. The first kappa shape index (κ1) is 12.3. The van der Waals surface area contributed by atoms with Crippen LogP contribution in [0.1, 0.15) is 19.3 Å². The number of esters is 1. The Labute approximate surface area is 86.2 Å². The summed E-state index contributed by atoms with van der Waals surface area (Å²) in [7, 11) is 0. The van der Waals surface area contributed by atoms with Gasteiger partial charge in [-0.15, -0.1) is 0 Å². The minimum absolute atomic E-state index is 0.0317. The molecule has 0 unspecified atom stereocenters. The maximum Gasteiger partial charge on any atom is 0.422 e. The fourth-order valence-corrected chi connectivity index (χ4v) is 1.51. The van der Waals surface area contributed by atoms with Crippen LogP contribution >= 0.6 is 0 Å². The Kier molecular flexibility index (Phi) is 4.38. The molecule has 0 N–H and O–H groups in total. The molecule has 15 heavy (non-hydrogen) atoms. The summed E-state index contributed by atoms with van der Waals surface area (Å²) in [4.78, 5) is 12.8. The first-order valence-electron chi connectivity index (χ1n) is 4.92. The molecule has 0 bridgehead atoms. The van der Waals surface area contributed by atoms with Crippen LogP contribution in [-0.4, -0.2) is 43.3 Å². The lowest BCUT2D eigenvalue weighted by molar-refractivity contribution is -0.187. The van der Waals surface area contributed by atoms with Crippen molar-refractivity contribution in [3.63, 3.8) is 0 Å². The van der Waals surface area contributed by atoms with Gasteiger partial charge in [0.25, 0.3) is 0 Å². The van der Waals surface area contributed by atoms with Gasteiger partial charge in [-0.2, -0.15) is 13.2 Å². The molecule has 0 aliphatic carbocycles. The monoisotopic (exact) mass is 225 g/mol. The van der Waals surface area contributed by atoms with Crippen molar-refractivity contribution in [1.82, 2.24) is 4.90 Å². The standard InChI is InChI=1S/C9H14F3NO2/c10-9(11,12)7-15-8(14)6-13-4-2-1-3-5-13/h1-7H2. The smallest absolute Gasteiger partial charge is 0.422 e. The highest BCUT2D eigenvalue weighted by Crippen LogP contribution is 2.15. The number of ether oxygens (including phenoxy) is 1. The van der Waals surface area contributed by atoms with Gasteiger partial charge in [-0.25, -0.2) is 0 Å². The van der Waals surface area contributed by atoms with E-state index in [0.29, 0.717) is 0 Å². The van der Waals surface area contributed by atoms with Crippen molar-refractivity contribution in [2.24, 2.45) is 0 Å². The minimum Gasteiger partial charge on any atom is -0.455 e. The van der Waals surface area contributed by atoms with Gasteiger partial charge in [0.05, 0.1) is 6.54 Å². The van der Waals surface area contributed by atoms with Gasteiger partial charge < -0.3 is 4.74 Å². The van der Waals surface area contributed by atoms with Gasteiger partial charge in [0.15, 0.2) is 6.61 Å². The summed E-state index contributed by atoms with van der Waals surface area (Å²) < 4.78 is 39.2. The van der Waals surface area contributed by atoms with E-state index in [1.807, 2.05) is 4.90 Å². The highest BCUT2D eigenvalue weighted by atomic mass is 19.4. The third-order valence-corrected chi connectivity index (χ3v) is 2.20. The van der Waals surface area contributed by atoms with Crippen LogP contribution in [-0.2, 0) is 9.53 Å². The lowest BCUT2D eigenvalue weighted by atomic mass is 10.1. The Hall–Kier alpha value is -0.780. The van der Waals surface area contributed by atoms with Crippen LogP contribution in [0.3, 0.4) is 0 Å². The van der Waals surface area contributed by atoms with Crippen molar-refractivity contribution in [3.8, 4) is 0 Å². The third kappa shape index (κ3) is 5.61. The van der Waals surface area contributed by atoms with Crippen molar-refractivity contribution in [2.75, 3.05) is 26.2 Å². The highest BCUT2D eigenvalue weighted by Gasteiger charge is 2.29. The van der Waals surface area contributed by atoms with Crippen molar-refractivity contribution >= 4 is 5.97 Å². The lowest BCUT2D eigenvalue weighted by Gasteiger charge is -2.25. The van der Waals surface area contributed by atoms with Crippen molar-refractivity contribution in [2.45, 2.75) is 25.4 Å². The molecule has 0 aromatic rings. The van der Waals surface area contributed by atoms with E-state index >= 15 is 0 Å². The highest BCUT2D eigenvalue weighted by molar-refractivity contribution is 5.71. The number of nitrogens with zero attached hydrogens (tertiary/aromatic N) is 1. The predicted molar refractivity (Wildman–Crippen MR) is 47.3 cm³/mol. The molecule has 1 rings (SSSR count). The van der Waals surface area contributed by atoms with Gasteiger partial charge in [0, 0.05) is 0 Å². The maximum atomic E-state index is 11.7. The minimum atomic E-state index is -4.43. The molecular weight excluding hydrogens is 211 g/mol. The van der Waals surface area contributed by atoms with Gasteiger partial charge in [0.1, 0.15) is 0 Å². The van der Waals surface area contributed by atoms with Crippen molar-refractivity contribution in [1.29, 1.82) is 0 Å². The number of hydrogen-bond acceptors (Lipinski definition) is 3. The van der Waals surface area contributed by atoms with Gasteiger partial charge >= 0.3 is 12.1 Å². The summed E-state index contributed by atoms with van der Waals surface area (Å²) in [6.45, 7) is 0.0119. The third-order valence-electron chi connectivity index (χ3n) is 2.20. The van der Waals surface area contributed by atoms with Crippen LogP contribution in [0.2, 0.25) is 0 Å². The molecular formula is C9H14F3NO2. The van der Waals surface area contributed by atoms with Crippen LogP contribution in [0.5, 0.6) is 0 Å². The number of likely N-dealkylation sites (tertiary alicyclic amines) is 1. The lowest BCUT2D eigenvalue weighted by Crippen LogP contribution is -2.36. The van der Waals surface area contributed by atoms with E-state index in [9.17, 15) is 18.0 Å². The number of alkyl halides is 3. The van der Waals surface area contributed by atoms with Crippen molar-refractivity contribution < 1.29 is 22.7 Å². The molecule has 0 spiro atoms. The number of carbonyl (C=O) groups excluding carboxylic acids is 1. The number of carbonyl (C=O) groups is 1. The van der Waals surface area contributed by atoms with E-state index in [1.165, 1.54) is 0 Å². The number of halogens is 3. The Bertz CT molecular complexity index is 212. The first-order chi connectivity index (χ1) is 6.97. The fourth-order valence-electron chi connectivity index (χ4n) is 1.51. The number of rotatable bonds is 3. The van der Waals surface area contributed by atoms with Crippen LogP contribution < -0.4 is 0 Å². The summed E-state index contributed by atoms with van der Waals surface area (Å²) in [5, 5.41) is 0. The second-order valence-electron chi connectivity index (χ2n) is 3.61. The zero-order valence-corrected chi connectivity index (χ0v) is 8.35. The van der Waals surface area contributed by atoms with E-state index in [1.54, 1.807) is 0 Å². The largest absolute Gasteiger partial charge is 0.455 e. The molecule has 88 valence electrons. The Morgan fingerprint density at radius 1 is 1.20 bits per heavy atom. The summed E-state index contributed by atoms with van der Waals surface area (Å²) in [5.74, 6) is -0.797. The van der Waals surface area contributed by atoms with E-state index in [2.05, 4.69) is 4.74 Å². The molecule has 0 saturated carbocycles. The van der Waals surface area contributed by atoms with Crippen molar-refractivity contribution in [3.05, 3.63) is 0 Å². The van der Waals surface area contributed by atoms with Gasteiger partial charge in [0.2, 0.25) is 0 Å². The van der Waals surface area contributed by atoms with Gasteiger partial charge in [-0.1, -0.05) is 6.42 Å². The zero-order chi connectivity index (χ0) is 11.3. The Morgan fingerprint density at radius 3 is 2.33 bits per heavy atom. The van der Waals surface area contributed by atoms with Gasteiger partial charge in [-0.05, 0) is 25.9 Å². The molecule has 1 fully saturated rings. The first-order valence-corrected chi connectivity index (χ1v) is 4.92. The van der Waals surface area contributed by atoms with Crippen LogP contribution in [0.15, 0.2) is 0 Å². The molecule has 0 atom stereocenters. The Balaban J connectivity index is 2.17. The van der Waals surface area contributed by atoms with Crippen LogP contribution in [0.25, 0.3) is 0 Å². The predicted octanol–water partition coefficient (Wildman–Crippen LogP) is 1.58. The molecule has 1 aliphatic rings. The summed E-state index contributed by atoms with van der Waals surface area (Å²) >= 11 is 0. The van der Waals surface area contributed by atoms with E-state index < -0.39 is 18.8 Å². The zero-order valence-electron chi connectivity index (χ0n) is 8.35. The van der Waals surface area contributed by atoms with Gasteiger partial charge in [-0.3, -0.25) is 9.69 Å². The quantitative estimate of drug-likeness (QED) is 0.683. The molecule has 1 heterocycles. The Morgan fingerprint density at radius 2 is 1.80 bits per heavy atom. The number of piperidine rings is 1. The SMILES string of the molecule is O=C(CN1CCCCC1)OCC(F)(F)F. The fraction of sp³-hybridized carbons (Fsp3) is 0.889. The average molecular weight is 225 g/mol. The second-order valence-corrected chi connectivity index (χ2v) is 3.61. The van der Waals surface area contributed by atoms with Crippen LogP contribution in [0.4, 0.5) is 13.2 Å². The summed E-state index contributed by atoms with van der Waals surface area (Å²) in [5.41, 5.74) is 0. The molecule has 1 saturated heterocycles. The average Bonchev–Trinajstić information content (AvgIpc) is 2.15. The van der Waals surface area contributed by atoms with E-state index in [4.69, 9.17) is 0 Å². The van der Waals surface area contributed by atoms with E-state index in [-0.39, 0.29) is 6.54 Å². The molecule has 0 aromatic carbocycles. The molecule has 1 aliphatic heterocycles. The normalized spacial score (nSPS) is 18.9. The maximum absolute atomic E-state index is 11.7. The molecule has 0 radical (unpaired) electrons. The van der Waals surface area contributed by atoms with Crippen LogP contribution in [0, 0.1) is 0 Å². The molecule has 0 aromatic heterocycles. The topological polar surface area (TPSA) is 29.5 Å². The summed E-state index contributed by atoms with van der Waals surface area (Å²) in [6, 6.07) is 0. The summed E-state index contributed by atoms with van der Waals surface area (Å²) in [6.07, 6.45) is -1.33. The number of hydrogen-bond donors (Lipinski definition) is 0. The van der Waals surface area contributed by atoms with E-state index in [0.717, 1.165) is 32.4 Å². The second kappa shape index (κ2) is 5.34. The molecule has 6 heteroatoms.